The Kier molecular flexibility index (Phi) is 3.62. The monoisotopic (exact) mass is 214 g/mol. The Morgan fingerprint density at radius 1 is 1.06 bits per heavy atom. The van der Waals surface area contributed by atoms with Gasteiger partial charge in [0.1, 0.15) is 5.82 Å². The smallest absolute Gasteiger partial charge is 0.129 e. The van der Waals surface area contributed by atoms with Crippen LogP contribution in [0.1, 0.15) is 12.2 Å². The Bertz CT molecular complexity index is 443. The molecule has 3 nitrogen and oxygen atoms in total. The van der Waals surface area contributed by atoms with Crippen LogP contribution >= 0.6 is 0 Å². The first-order chi connectivity index (χ1) is 7.90. The van der Waals surface area contributed by atoms with Crippen LogP contribution in [0.4, 0.5) is 0 Å². The number of rotatable bonds is 4. The van der Waals surface area contributed by atoms with Gasteiger partial charge in [0.15, 0.2) is 0 Å². The number of aliphatic hydroxyl groups is 1. The van der Waals surface area contributed by atoms with E-state index >= 15 is 0 Å². The number of aromatic nitrogens is 2. The molecule has 0 unspecified atom stereocenters. The summed E-state index contributed by atoms with van der Waals surface area (Å²) in [4.78, 5) is 8.64. The molecular weight excluding hydrogens is 200 g/mol. The average Bonchev–Trinajstić information content (AvgIpc) is 2.38. The normalized spacial score (nSPS) is 10.3. The first-order valence-corrected chi connectivity index (χ1v) is 5.38. The third-order valence-electron chi connectivity index (χ3n) is 2.33. The van der Waals surface area contributed by atoms with Gasteiger partial charge in [0, 0.05) is 24.8 Å². The van der Waals surface area contributed by atoms with Gasteiger partial charge in [-0.1, -0.05) is 30.3 Å². The number of aliphatic hydroxyl groups excluding tert-OH is 1. The van der Waals surface area contributed by atoms with Gasteiger partial charge in [-0.15, -0.1) is 0 Å². The van der Waals surface area contributed by atoms with Crippen molar-refractivity contribution in [3.05, 3.63) is 48.4 Å². The summed E-state index contributed by atoms with van der Waals surface area (Å²) in [5.74, 6) is 0.787. The van der Waals surface area contributed by atoms with E-state index in [1.807, 2.05) is 36.4 Å². The van der Waals surface area contributed by atoms with E-state index in [1.165, 1.54) is 0 Å². The highest BCUT2D eigenvalue weighted by molar-refractivity contribution is 5.58. The van der Waals surface area contributed by atoms with Gasteiger partial charge in [0.25, 0.3) is 0 Å². The molecule has 0 atom stereocenters. The van der Waals surface area contributed by atoms with Crippen LogP contribution in [0.2, 0.25) is 0 Å². The Balaban J connectivity index is 2.22. The van der Waals surface area contributed by atoms with Crippen LogP contribution in [0.3, 0.4) is 0 Å². The first-order valence-electron chi connectivity index (χ1n) is 5.38. The van der Waals surface area contributed by atoms with Crippen molar-refractivity contribution < 1.29 is 5.11 Å². The lowest BCUT2D eigenvalue weighted by atomic mass is 10.1. The largest absolute Gasteiger partial charge is 0.396 e. The third kappa shape index (κ3) is 2.64. The van der Waals surface area contributed by atoms with Crippen molar-refractivity contribution in [1.29, 1.82) is 0 Å². The molecule has 2 rings (SSSR count). The number of hydrogen-bond acceptors (Lipinski definition) is 3. The molecule has 0 aliphatic rings. The van der Waals surface area contributed by atoms with Crippen LogP contribution in [-0.2, 0) is 6.42 Å². The van der Waals surface area contributed by atoms with E-state index in [0.29, 0.717) is 6.42 Å². The van der Waals surface area contributed by atoms with Crippen LogP contribution in [-0.4, -0.2) is 21.7 Å². The van der Waals surface area contributed by atoms with Crippen molar-refractivity contribution in [1.82, 2.24) is 9.97 Å². The lowest BCUT2D eigenvalue weighted by molar-refractivity contribution is 0.287. The van der Waals surface area contributed by atoms with Crippen LogP contribution < -0.4 is 0 Å². The van der Waals surface area contributed by atoms with Gasteiger partial charge in [-0.05, 0) is 12.5 Å². The fraction of sp³-hybridized carbons (Fsp3) is 0.231. The van der Waals surface area contributed by atoms with Gasteiger partial charge in [0.2, 0.25) is 0 Å². The predicted molar refractivity (Wildman–Crippen MR) is 62.9 cm³/mol. The van der Waals surface area contributed by atoms with E-state index in [-0.39, 0.29) is 6.61 Å². The highest BCUT2D eigenvalue weighted by atomic mass is 16.2. The van der Waals surface area contributed by atoms with Crippen molar-refractivity contribution in [3.63, 3.8) is 0 Å². The summed E-state index contributed by atoms with van der Waals surface area (Å²) in [6.45, 7) is 0.179. The zero-order valence-corrected chi connectivity index (χ0v) is 9.00. The minimum absolute atomic E-state index is 0.179. The second-order valence-corrected chi connectivity index (χ2v) is 3.55. The minimum Gasteiger partial charge on any atom is -0.396 e. The Labute approximate surface area is 94.8 Å². The molecule has 0 aliphatic carbocycles. The zero-order valence-electron chi connectivity index (χ0n) is 9.00. The maximum atomic E-state index is 8.76. The van der Waals surface area contributed by atoms with Crippen molar-refractivity contribution in [2.75, 3.05) is 6.61 Å². The fourth-order valence-electron chi connectivity index (χ4n) is 1.53. The molecule has 3 heteroatoms. The third-order valence-corrected chi connectivity index (χ3v) is 2.33. The highest BCUT2D eigenvalue weighted by Gasteiger charge is 2.01. The molecule has 1 aromatic carbocycles. The maximum Gasteiger partial charge on any atom is 0.129 e. The molecule has 0 saturated heterocycles. The summed E-state index contributed by atoms with van der Waals surface area (Å²) in [6.07, 6.45) is 3.19. The van der Waals surface area contributed by atoms with E-state index in [0.717, 1.165) is 23.5 Å². The molecule has 1 aromatic heterocycles. The van der Waals surface area contributed by atoms with Crippen LogP contribution in [0.15, 0.2) is 42.6 Å². The van der Waals surface area contributed by atoms with E-state index in [4.69, 9.17) is 5.11 Å². The zero-order chi connectivity index (χ0) is 11.2. The molecule has 0 radical (unpaired) electrons. The molecular formula is C13H14N2O. The maximum absolute atomic E-state index is 8.76. The van der Waals surface area contributed by atoms with Crippen LogP contribution in [0.5, 0.6) is 0 Å². The molecule has 1 heterocycles. The lowest BCUT2D eigenvalue weighted by Crippen LogP contribution is -1.97. The van der Waals surface area contributed by atoms with Gasteiger partial charge in [0.05, 0.1) is 5.69 Å². The molecule has 16 heavy (non-hydrogen) atoms. The lowest BCUT2D eigenvalue weighted by Gasteiger charge is -2.02. The summed E-state index contributed by atoms with van der Waals surface area (Å²) in [6, 6.07) is 11.9. The summed E-state index contributed by atoms with van der Waals surface area (Å²) < 4.78 is 0. The predicted octanol–water partition coefficient (Wildman–Crippen LogP) is 2.07. The van der Waals surface area contributed by atoms with E-state index in [9.17, 15) is 0 Å². The molecule has 0 fully saturated rings. The number of nitrogens with zero attached hydrogens (tertiary/aromatic N) is 2. The van der Waals surface area contributed by atoms with Crippen molar-refractivity contribution in [2.45, 2.75) is 12.8 Å². The van der Waals surface area contributed by atoms with Gasteiger partial charge >= 0.3 is 0 Å². The van der Waals surface area contributed by atoms with E-state index in [2.05, 4.69) is 9.97 Å². The summed E-state index contributed by atoms with van der Waals surface area (Å²) in [5, 5.41) is 8.76. The van der Waals surface area contributed by atoms with E-state index < -0.39 is 0 Å². The first kappa shape index (κ1) is 10.8. The topological polar surface area (TPSA) is 46.0 Å². The van der Waals surface area contributed by atoms with Gasteiger partial charge < -0.3 is 5.11 Å². The molecule has 0 amide bonds. The second-order valence-electron chi connectivity index (χ2n) is 3.55. The van der Waals surface area contributed by atoms with Crippen LogP contribution in [0, 0.1) is 0 Å². The second kappa shape index (κ2) is 5.37. The molecule has 2 aromatic rings. The number of aryl methyl sites for hydroxylation is 1. The Morgan fingerprint density at radius 3 is 2.62 bits per heavy atom. The van der Waals surface area contributed by atoms with Gasteiger partial charge in [-0.3, -0.25) is 0 Å². The van der Waals surface area contributed by atoms with Crippen molar-refractivity contribution in [2.24, 2.45) is 0 Å². The van der Waals surface area contributed by atoms with Gasteiger partial charge in [-0.2, -0.15) is 0 Å². The van der Waals surface area contributed by atoms with Gasteiger partial charge in [-0.25, -0.2) is 9.97 Å². The summed E-state index contributed by atoms with van der Waals surface area (Å²) in [5.41, 5.74) is 2.03. The molecule has 82 valence electrons. The SMILES string of the molecule is OCCCc1nccc(-c2ccccc2)n1. The van der Waals surface area contributed by atoms with Crippen LogP contribution in [0.25, 0.3) is 11.3 Å². The molecule has 0 spiro atoms. The molecule has 0 aliphatic heterocycles. The molecule has 1 N–H and O–H groups in total. The standard InChI is InChI=1S/C13H14N2O/c16-10-4-7-13-14-9-8-12(15-13)11-5-2-1-3-6-11/h1-3,5-6,8-9,16H,4,7,10H2. The van der Waals surface area contributed by atoms with E-state index in [1.54, 1.807) is 6.20 Å². The van der Waals surface area contributed by atoms with Crippen molar-refractivity contribution in [3.8, 4) is 11.3 Å². The number of hydrogen-bond donors (Lipinski definition) is 1. The highest BCUT2D eigenvalue weighted by Crippen LogP contribution is 2.15. The quantitative estimate of drug-likeness (QED) is 0.847. The Hall–Kier alpha value is -1.74. The molecule has 0 saturated carbocycles. The Morgan fingerprint density at radius 2 is 1.88 bits per heavy atom. The number of benzene rings is 1. The molecule has 0 bridgehead atoms. The summed E-state index contributed by atoms with van der Waals surface area (Å²) >= 11 is 0. The minimum atomic E-state index is 0.179. The van der Waals surface area contributed by atoms with Crippen molar-refractivity contribution >= 4 is 0 Å². The average molecular weight is 214 g/mol. The summed E-state index contributed by atoms with van der Waals surface area (Å²) in [7, 11) is 0. The fourth-order valence-corrected chi connectivity index (χ4v) is 1.53.